The lowest BCUT2D eigenvalue weighted by Gasteiger charge is -2.30. The highest BCUT2D eigenvalue weighted by Gasteiger charge is 2.35. The number of carbonyl (C=O) groups excluding carboxylic acids is 3. The number of esters is 1. The van der Waals surface area contributed by atoms with E-state index >= 15 is 0 Å². The van der Waals surface area contributed by atoms with Crippen LogP contribution in [-0.2, 0) is 14.3 Å². The molecule has 7 nitrogen and oxygen atoms in total. The molecule has 0 unspecified atom stereocenters. The summed E-state index contributed by atoms with van der Waals surface area (Å²) < 4.78 is 7.06. The number of nitrogens with one attached hydrogen (secondary N) is 1. The summed E-state index contributed by atoms with van der Waals surface area (Å²) in [5.74, 6) is -1.38. The average molecular weight is 502 g/mol. The minimum Gasteiger partial charge on any atom is -0.462 e. The quantitative estimate of drug-likeness (QED) is 0.237. The van der Waals surface area contributed by atoms with Crippen molar-refractivity contribution < 1.29 is 19.1 Å². The third-order valence-electron chi connectivity index (χ3n) is 6.11. The van der Waals surface area contributed by atoms with Gasteiger partial charge >= 0.3 is 5.97 Å². The summed E-state index contributed by atoms with van der Waals surface area (Å²) >= 11 is 5.35. The molecule has 0 bridgehead atoms. The van der Waals surface area contributed by atoms with E-state index in [4.69, 9.17) is 17.0 Å². The highest BCUT2D eigenvalue weighted by atomic mass is 32.1. The molecule has 8 heteroatoms. The lowest BCUT2D eigenvalue weighted by molar-refractivity contribution is -0.122. The Morgan fingerprint density at radius 2 is 1.72 bits per heavy atom. The van der Waals surface area contributed by atoms with Gasteiger partial charge in [-0.3, -0.25) is 19.8 Å². The van der Waals surface area contributed by atoms with Gasteiger partial charge in [-0.1, -0.05) is 12.1 Å². The van der Waals surface area contributed by atoms with Gasteiger partial charge < -0.3 is 9.30 Å². The Morgan fingerprint density at radius 3 is 2.39 bits per heavy atom. The van der Waals surface area contributed by atoms with Gasteiger partial charge in [0.2, 0.25) is 0 Å². The highest BCUT2D eigenvalue weighted by Crippen LogP contribution is 2.28. The monoisotopic (exact) mass is 501 g/mol. The van der Waals surface area contributed by atoms with Crippen molar-refractivity contribution in [2.45, 2.75) is 34.6 Å². The molecule has 1 aliphatic heterocycles. The maximum atomic E-state index is 13.5. The zero-order valence-electron chi connectivity index (χ0n) is 20.8. The average Bonchev–Trinajstić information content (AvgIpc) is 3.11. The third-order valence-corrected chi connectivity index (χ3v) is 6.40. The molecule has 0 radical (unpaired) electrons. The first kappa shape index (κ1) is 25.1. The van der Waals surface area contributed by atoms with Crippen LogP contribution in [0.25, 0.3) is 11.8 Å². The maximum Gasteiger partial charge on any atom is 0.338 e. The standard InChI is InChI=1S/C28H27N3O4S/c1-6-35-27(34)20-9-11-22(12-10-20)30-18(4)14-21(19(30)5)15-23-25(32)29-28(36)31(26(23)33)24-13-16(2)7-8-17(24)3/h7-15H,6H2,1-5H3,(H,29,32,36)/b23-15+. The number of aromatic nitrogens is 1. The van der Waals surface area contributed by atoms with Crippen molar-refractivity contribution in [3.05, 3.63) is 87.7 Å². The Kier molecular flexibility index (Phi) is 6.90. The van der Waals surface area contributed by atoms with Crippen LogP contribution in [0.3, 0.4) is 0 Å². The largest absolute Gasteiger partial charge is 0.462 e. The van der Waals surface area contributed by atoms with Crippen LogP contribution >= 0.6 is 12.2 Å². The molecule has 3 aromatic rings. The molecule has 2 aromatic carbocycles. The number of ether oxygens (including phenoxy) is 1. The van der Waals surface area contributed by atoms with E-state index < -0.39 is 11.8 Å². The Morgan fingerprint density at radius 1 is 1.03 bits per heavy atom. The van der Waals surface area contributed by atoms with Crippen LogP contribution in [0.5, 0.6) is 0 Å². The number of anilines is 1. The lowest BCUT2D eigenvalue weighted by atomic mass is 10.0. The molecule has 2 amide bonds. The predicted octanol–water partition coefficient (Wildman–Crippen LogP) is 4.72. The summed E-state index contributed by atoms with van der Waals surface area (Å²) in [6, 6.07) is 14.8. The van der Waals surface area contributed by atoms with Gasteiger partial charge in [0.15, 0.2) is 5.11 Å². The zero-order valence-corrected chi connectivity index (χ0v) is 21.7. The first-order valence-corrected chi connectivity index (χ1v) is 12.0. The third kappa shape index (κ3) is 4.59. The topological polar surface area (TPSA) is 80.6 Å². The Labute approximate surface area is 215 Å². The fraction of sp³-hybridized carbons (Fsp3) is 0.214. The molecular weight excluding hydrogens is 474 g/mol. The first-order chi connectivity index (χ1) is 17.1. The first-order valence-electron chi connectivity index (χ1n) is 11.6. The summed E-state index contributed by atoms with van der Waals surface area (Å²) in [5, 5.41) is 2.71. The van der Waals surface area contributed by atoms with Gasteiger partial charge in [-0.05, 0) is 106 Å². The SMILES string of the molecule is CCOC(=O)c1ccc(-n2c(C)cc(/C=C3\C(=O)NC(=S)N(c4cc(C)ccc4C)C3=O)c2C)cc1. The summed E-state index contributed by atoms with van der Waals surface area (Å²) in [5.41, 5.74) is 6.30. The van der Waals surface area contributed by atoms with Crippen LogP contribution in [0.2, 0.25) is 0 Å². The van der Waals surface area contributed by atoms with E-state index in [1.807, 2.05) is 68.7 Å². The van der Waals surface area contributed by atoms with Crippen LogP contribution in [0, 0.1) is 27.7 Å². The number of amides is 2. The van der Waals surface area contributed by atoms with Gasteiger partial charge in [-0.2, -0.15) is 0 Å². The van der Waals surface area contributed by atoms with E-state index in [9.17, 15) is 14.4 Å². The second-order valence-electron chi connectivity index (χ2n) is 8.68. The highest BCUT2D eigenvalue weighted by molar-refractivity contribution is 7.80. The number of rotatable bonds is 5. The van der Waals surface area contributed by atoms with Gasteiger partial charge in [0, 0.05) is 17.1 Å². The van der Waals surface area contributed by atoms with Gasteiger partial charge in [-0.25, -0.2) is 4.79 Å². The number of benzene rings is 2. The molecule has 1 aromatic heterocycles. The van der Waals surface area contributed by atoms with Crippen molar-refractivity contribution in [3.63, 3.8) is 0 Å². The minimum absolute atomic E-state index is 0.00224. The van der Waals surface area contributed by atoms with Crippen LogP contribution in [0.1, 0.15) is 45.4 Å². The van der Waals surface area contributed by atoms with E-state index in [-0.39, 0.29) is 16.7 Å². The molecule has 2 heterocycles. The summed E-state index contributed by atoms with van der Waals surface area (Å²) in [4.78, 5) is 39.7. The molecule has 0 atom stereocenters. The van der Waals surface area contributed by atoms with Crippen molar-refractivity contribution in [2.24, 2.45) is 0 Å². The Hall–Kier alpha value is -4.04. The molecule has 1 N–H and O–H groups in total. The number of carbonyl (C=O) groups is 3. The number of hydrogen-bond acceptors (Lipinski definition) is 5. The van der Waals surface area contributed by atoms with Crippen molar-refractivity contribution in [1.29, 1.82) is 0 Å². The summed E-state index contributed by atoms with van der Waals surface area (Å²) in [7, 11) is 0. The smallest absolute Gasteiger partial charge is 0.338 e. The van der Waals surface area contributed by atoms with E-state index in [1.54, 1.807) is 25.1 Å². The van der Waals surface area contributed by atoms with E-state index in [0.29, 0.717) is 17.9 Å². The number of nitrogens with zero attached hydrogens (tertiary/aromatic N) is 2. The van der Waals surface area contributed by atoms with E-state index in [0.717, 1.165) is 33.8 Å². The van der Waals surface area contributed by atoms with Crippen molar-refractivity contribution in [3.8, 4) is 5.69 Å². The normalized spacial score (nSPS) is 14.9. The second-order valence-corrected chi connectivity index (χ2v) is 9.06. The van der Waals surface area contributed by atoms with E-state index in [1.165, 1.54) is 4.90 Å². The molecule has 1 aliphatic rings. The van der Waals surface area contributed by atoms with Gasteiger partial charge in [-0.15, -0.1) is 0 Å². The summed E-state index contributed by atoms with van der Waals surface area (Å²) in [6.07, 6.45) is 1.60. The Balaban J connectivity index is 1.72. The van der Waals surface area contributed by atoms with E-state index in [2.05, 4.69) is 5.32 Å². The molecule has 1 fully saturated rings. The minimum atomic E-state index is -0.532. The van der Waals surface area contributed by atoms with Gasteiger partial charge in [0.05, 0.1) is 17.9 Å². The molecule has 0 spiro atoms. The van der Waals surface area contributed by atoms with Gasteiger partial charge in [0.25, 0.3) is 11.8 Å². The maximum absolute atomic E-state index is 13.5. The summed E-state index contributed by atoms with van der Waals surface area (Å²) in [6.45, 7) is 9.76. The molecule has 0 saturated carbocycles. The number of thiocarbonyl (C=S) groups is 1. The van der Waals surface area contributed by atoms with Crippen LogP contribution in [0.4, 0.5) is 5.69 Å². The molecule has 0 aliphatic carbocycles. The fourth-order valence-electron chi connectivity index (χ4n) is 4.28. The van der Waals surface area contributed by atoms with Crippen molar-refractivity contribution in [1.82, 2.24) is 9.88 Å². The molecule has 1 saturated heterocycles. The van der Waals surface area contributed by atoms with Crippen molar-refractivity contribution in [2.75, 3.05) is 11.5 Å². The van der Waals surface area contributed by atoms with Gasteiger partial charge in [0.1, 0.15) is 5.57 Å². The fourth-order valence-corrected chi connectivity index (χ4v) is 4.56. The molecule has 36 heavy (non-hydrogen) atoms. The second kappa shape index (κ2) is 9.91. The zero-order chi connectivity index (χ0) is 26.1. The Bertz CT molecular complexity index is 1430. The number of hydrogen-bond donors (Lipinski definition) is 1. The molecule has 184 valence electrons. The van der Waals surface area contributed by atoms with Crippen LogP contribution in [-0.4, -0.2) is 34.1 Å². The van der Waals surface area contributed by atoms with Crippen molar-refractivity contribution >= 4 is 46.9 Å². The molecular formula is C28H27N3O4S. The lowest BCUT2D eigenvalue weighted by Crippen LogP contribution is -2.54. The number of aryl methyl sites for hydroxylation is 3. The predicted molar refractivity (Wildman–Crippen MR) is 143 cm³/mol. The van der Waals surface area contributed by atoms with Crippen LogP contribution in [0.15, 0.2) is 54.1 Å². The molecule has 4 rings (SSSR count). The van der Waals surface area contributed by atoms with Crippen LogP contribution < -0.4 is 10.2 Å².